The molecule has 0 spiro atoms. The second kappa shape index (κ2) is 6.77. The molecule has 2 aliphatic heterocycles. The highest BCUT2D eigenvalue weighted by Gasteiger charge is 2.34. The van der Waals surface area contributed by atoms with E-state index in [1.54, 1.807) is 11.8 Å². The smallest absolute Gasteiger partial charge is 0.233 e. The van der Waals surface area contributed by atoms with Gasteiger partial charge in [0.1, 0.15) is 16.9 Å². The Hall–Kier alpha value is -1.43. The lowest BCUT2D eigenvalue weighted by Gasteiger charge is -2.24. The van der Waals surface area contributed by atoms with Crippen LogP contribution in [0.4, 0.5) is 0 Å². The molecule has 0 N–H and O–H groups in total. The third-order valence-corrected chi connectivity index (χ3v) is 5.46. The molecule has 2 saturated heterocycles. The van der Waals surface area contributed by atoms with Gasteiger partial charge in [0.25, 0.3) is 0 Å². The molecule has 0 aromatic carbocycles. The lowest BCUT2D eigenvalue weighted by atomic mass is 10.3. The molecular formula is C16H22N2O3S. The summed E-state index contributed by atoms with van der Waals surface area (Å²) in [5.74, 6) is 2.74. The molecule has 2 amide bonds. The van der Waals surface area contributed by atoms with Crippen LogP contribution in [0.2, 0.25) is 0 Å². The maximum Gasteiger partial charge on any atom is 0.233 e. The van der Waals surface area contributed by atoms with Crippen molar-refractivity contribution in [1.29, 1.82) is 0 Å². The SMILES string of the molecule is CCc1ccc(C2SCC(=O)N2CCCN2CCCC2=O)o1. The van der Waals surface area contributed by atoms with Crippen LogP contribution in [-0.4, -0.2) is 47.0 Å². The highest BCUT2D eigenvalue weighted by Crippen LogP contribution is 2.39. The Balaban J connectivity index is 1.57. The van der Waals surface area contributed by atoms with E-state index < -0.39 is 0 Å². The van der Waals surface area contributed by atoms with Gasteiger partial charge in [-0.3, -0.25) is 9.59 Å². The molecule has 0 bridgehead atoms. The van der Waals surface area contributed by atoms with Crippen molar-refractivity contribution in [3.8, 4) is 0 Å². The Morgan fingerprint density at radius 3 is 2.82 bits per heavy atom. The molecule has 1 aromatic heterocycles. The second-order valence-corrected chi connectivity index (χ2v) is 6.81. The number of aryl methyl sites for hydroxylation is 1. The average Bonchev–Trinajstić information content (AvgIpc) is 3.21. The molecule has 3 heterocycles. The standard InChI is InChI=1S/C16H22N2O3S/c1-2-12-6-7-13(21-12)16-18(15(20)11-22-16)10-4-9-17-8-3-5-14(17)19/h6-7,16H,2-5,8-11H2,1H3. The van der Waals surface area contributed by atoms with Gasteiger partial charge < -0.3 is 14.2 Å². The number of carbonyl (C=O) groups excluding carboxylic acids is 2. The van der Waals surface area contributed by atoms with E-state index in [4.69, 9.17) is 4.42 Å². The number of likely N-dealkylation sites (tertiary alicyclic amines) is 1. The fourth-order valence-electron chi connectivity index (χ4n) is 3.02. The van der Waals surface area contributed by atoms with E-state index in [1.807, 2.05) is 21.9 Å². The van der Waals surface area contributed by atoms with Crippen LogP contribution in [0.25, 0.3) is 0 Å². The number of hydrogen-bond acceptors (Lipinski definition) is 4. The van der Waals surface area contributed by atoms with Gasteiger partial charge in [0.05, 0.1) is 5.75 Å². The molecule has 0 radical (unpaired) electrons. The molecule has 120 valence electrons. The molecule has 3 rings (SSSR count). The first-order valence-corrected chi connectivity index (χ1v) is 9.01. The van der Waals surface area contributed by atoms with Crippen molar-refractivity contribution in [2.75, 3.05) is 25.4 Å². The maximum absolute atomic E-state index is 12.1. The van der Waals surface area contributed by atoms with E-state index in [2.05, 4.69) is 6.92 Å². The van der Waals surface area contributed by atoms with Crippen LogP contribution in [0.5, 0.6) is 0 Å². The van der Waals surface area contributed by atoms with E-state index in [0.29, 0.717) is 18.7 Å². The van der Waals surface area contributed by atoms with Crippen LogP contribution in [0.15, 0.2) is 16.5 Å². The number of amides is 2. The van der Waals surface area contributed by atoms with Gasteiger partial charge in [0, 0.05) is 32.5 Å². The van der Waals surface area contributed by atoms with E-state index in [0.717, 1.165) is 43.9 Å². The summed E-state index contributed by atoms with van der Waals surface area (Å²) in [6.45, 7) is 4.35. The molecule has 0 aliphatic carbocycles. The number of hydrogen-bond donors (Lipinski definition) is 0. The summed E-state index contributed by atoms with van der Waals surface area (Å²) in [6, 6.07) is 3.96. The third kappa shape index (κ3) is 3.16. The van der Waals surface area contributed by atoms with Crippen molar-refractivity contribution >= 4 is 23.6 Å². The highest BCUT2D eigenvalue weighted by molar-refractivity contribution is 8.00. The number of nitrogens with zero attached hydrogens (tertiary/aromatic N) is 2. The zero-order chi connectivity index (χ0) is 15.5. The molecule has 1 atom stereocenters. The fraction of sp³-hybridized carbons (Fsp3) is 0.625. The number of furan rings is 1. The summed E-state index contributed by atoms with van der Waals surface area (Å²) < 4.78 is 5.81. The van der Waals surface area contributed by atoms with Crippen LogP contribution in [0.3, 0.4) is 0 Å². The van der Waals surface area contributed by atoms with Crippen molar-refractivity contribution < 1.29 is 14.0 Å². The molecule has 6 heteroatoms. The second-order valence-electron chi connectivity index (χ2n) is 5.75. The van der Waals surface area contributed by atoms with E-state index >= 15 is 0 Å². The first kappa shape index (κ1) is 15.5. The van der Waals surface area contributed by atoms with Gasteiger partial charge in [-0.15, -0.1) is 11.8 Å². The Labute approximate surface area is 135 Å². The van der Waals surface area contributed by atoms with Crippen LogP contribution >= 0.6 is 11.8 Å². The Morgan fingerprint density at radius 1 is 1.27 bits per heavy atom. The highest BCUT2D eigenvalue weighted by atomic mass is 32.2. The molecule has 2 aliphatic rings. The minimum Gasteiger partial charge on any atom is -0.463 e. The van der Waals surface area contributed by atoms with Crippen molar-refractivity contribution in [2.45, 2.75) is 38.0 Å². The van der Waals surface area contributed by atoms with Crippen molar-refractivity contribution in [3.63, 3.8) is 0 Å². The van der Waals surface area contributed by atoms with Gasteiger partial charge >= 0.3 is 0 Å². The van der Waals surface area contributed by atoms with Gasteiger partial charge in [-0.1, -0.05) is 6.92 Å². The molecule has 0 saturated carbocycles. The van der Waals surface area contributed by atoms with Crippen LogP contribution in [0.1, 0.15) is 43.1 Å². The Kier molecular flexibility index (Phi) is 4.76. The largest absolute Gasteiger partial charge is 0.463 e. The number of rotatable bonds is 6. The quantitative estimate of drug-likeness (QED) is 0.807. The summed E-state index contributed by atoms with van der Waals surface area (Å²) in [5, 5.41) is -0.0120. The van der Waals surface area contributed by atoms with Gasteiger partial charge in [-0.2, -0.15) is 0 Å². The maximum atomic E-state index is 12.1. The molecule has 1 unspecified atom stereocenters. The van der Waals surface area contributed by atoms with E-state index in [-0.39, 0.29) is 17.2 Å². The normalized spacial score (nSPS) is 22.1. The van der Waals surface area contributed by atoms with Crippen LogP contribution in [-0.2, 0) is 16.0 Å². The first-order valence-electron chi connectivity index (χ1n) is 7.96. The van der Waals surface area contributed by atoms with Crippen molar-refractivity contribution in [2.24, 2.45) is 0 Å². The predicted molar refractivity (Wildman–Crippen MR) is 85.4 cm³/mol. The summed E-state index contributed by atoms with van der Waals surface area (Å²) in [4.78, 5) is 27.5. The number of carbonyl (C=O) groups is 2. The predicted octanol–water partition coefficient (Wildman–Crippen LogP) is 2.43. The topological polar surface area (TPSA) is 53.8 Å². The van der Waals surface area contributed by atoms with E-state index in [9.17, 15) is 9.59 Å². The third-order valence-electron chi connectivity index (χ3n) is 4.24. The molecule has 22 heavy (non-hydrogen) atoms. The van der Waals surface area contributed by atoms with Crippen LogP contribution < -0.4 is 0 Å². The molecular weight excluding hydrogens is 300 g/mol. The van der Waals surface area contributed by atoms with Gasteiger partial charge in [0.15, 0.2) is 0 Å². The van der Waals surface area contributed by atoms with Crippen molar-refractivity contribution in [1.82, 2.24) is 9.80 Å². The fourth-order valence-corrected chi connectivity index (χ4v) is 4.18. The lowest BCUT2D eigenvalue weighted by molar-refractivity contribution is -0.128. The summed E-state index contributed by atoms with van der Waals surface area (Å²) in [7, 11) is 0. The first-order chi connectivity index (χ1) is 10.7. The van der Waals surface area contributed by atoms with Gasteiger partial charge in [-0.25, -0.2) is 0 Å². The summed E-state index contributed by atoms with van der Waals surface area (Å²) in [6.07, 6.45) is 3.33. The van der Waals surface area contributed by atoms with E-state index in [1.165, 1.54) is 0 Å². The van der Waals surface area contributed by atoms with Gasteiger partial charge in [0.2, 0.25) is 11.8 Å². The lowest BCUT2D eigenvalue weighted by Crippen LogP contribution is -2.33. The van der Waals surface area contributed by atoms with Crippen molar-refractivity contribution in [3.05, 3.63) is 23.7 Å². The molecule has 2 fully saturated rings. The molecule has 1 aromatic rings. The van der Waals surface area contributed by atoms with Gasteiger partial charge in [-0.05, 0) is 25.0 Å². The molecule has 5 nitrogen and oxygen atoms in total. The Bertz CT molecular complexity index is 557. The monoisotopic (exact) mass is 322 g/mol. The number of thioether (sulfide) groups is 1. The van der Waals surface area contributed by atoms with Crippen LogP contribution in [0, 0.1) is 0 Å². The Morgan fingerprint density at radius 2 is 2.14 bits per heavy atom. The average molecular weight is 322 g/mol. The summed E-state index contributed by atoms with van der Waals surface area (Å²) in [5.41, 5.74) is 0. The zero-order valence-corrected chi connectivity index (χ0v) is 13.7. The minimum absolute atomic E-state index is 0.0120. The summed E-state index contributed by atoms with van der Waals surface area (Å²) >= 11 is 1.62. The minimum atomic E-state index is -0.0120. The zero-order valence-electron chi connectivity index (χ0n) is 12.9.